The number of esters is 1. The van der Waals surface area contributed by atoms with Crippen molar-refractivity contribution in [1.29, 1.82) is 0 Å². The van der Waals surface area contributed by atoms with E-state index in [0.29, 0.717) is 11.3 Å². The molecule has 0 saturated carbocycles. The zero-order chi connectivity index (χ0) is 18.3. The fraction of sp³-hybridized carbons (Fsp3) is 0.176. The van der Waals surface area contributed by atoms with Gasteiger partial charge in [0.2, 0.25) is 17.6 Å². The van der Waals surface area contributed by atoms with Crippen LogP contribution in [0.3, 0.4) is 0 Å². The number of cyclic esters (lactones) is 1. The first-order valence-electron chi connectivity index (χ1n) is 7.53. The van der Waals surface area contributed by atoms with Gasteiger partial charge in [0.25, 0.3) is 0 Å². The van der Waals surface area contributed by atoms with Gasteiger partial charge in [-0.3, -0.25) is 4.98 Å². The fourth-order valence-corrected chi connectivity index (χ4v) is 2.71. The van der Waals surface area contributed by atoms with Crippen molar-refractivity contribution in [1.82, 2.24) is 15.0 Å². The lowest BCUT2D eigenvalue weighted by atomic mass is 10.0. The SMILES string of the molecule is COc1cc(OC)nc(C2(O)OC(=O)c3c(-c4ccco4)ccnc32)n1. The fourth-order valence-electron chi connectivity index (χ4n) is 2.71. The molecule has 1 atom stereocenters. The molecule has 1 unspecified atom stereocenters. The first-order valence-corrected chi connectivity index (χ1v) is 7.53. The van der Waals surface area contributed by atoms with Gasteiger partial charge in [0.1, 0.15) is 11.5 Å². The number of furan rings is 1. The van der Waals surface area contributed by atoms with Crippen LogP contribution in [0.4, 0.5) is 0 Å². The predicted octanol–water partition coefficient (Wildman–Crippen LogP) is 1.51. The van der Waals surface area contributed by atoms with Crippen molar-refractivity contribution in [2.24, 2.45) is 0 Å². The Morgan fingerprint density at radius 1 is 1.15 bits per heavy atom. The Labute approximate surface area is 147 Å². The number of nitrogens with zero attached hydrogens (tertiary/aromatic N) is 3. The molecular formula is C17H13N3O6. The van der Waals surface area contributed by atoms with Crippen molar-refractivity contribution in [3.05, 3.63) is 53.8 Å². The van der Waals surface area contributed by atoms with E-state index in [1.54, 1.807) is 18.2 Å². The summed E-state index contributed by atoms with van der Waals surface area (Å²) in [6.45, 7) is 0. The number of rotatable bonds is 4. The number of pyridine rings is 1. The molecule has 0 spiro atoms. The summed E-state index contributed by atoms with van der Waals surface area (Å²) in [6.07, 6.45) is 2.91. The number of hydrogen-bond acceptors (Lipinski definition) is 9. The average molecular weight is 355 g/mol. The summed E-state index contributed by atoms with van der Waals surface area (Å²) >= 11 is 0. The maximum absolute atomic E-state index is 12.5. The highest BCUT2D eigenvalue weighted by Crippen LogP contribution is 2.41. The second kappa shape index (κ2) is 5.81. The molecular weight excluding hydrogens is 342 g/mol. The van der Waals surface area contributed by atoms with Gasteiger partial charge in [-0.1, -0.05) is 0 Å². The summed E-state index contributed by atoms with van der Waals surface area (Å²) in [5.74, 6) is -2.58. The Morgan fingerprint density at radius 2 is 1.88 bits per heavy atom. The molecule has 26 heavy (non-hydrogen) atoms. The number of methoxy groups -OCH3 is 2. The predicted molar refractivity (Wildman–Crippen MR) is 85.5 cm³/mol. The van der Waals surface area contributed by atoms with E-state index in [2.05, 4.69) is 15.0 Å². The van der Waals surface area contributed by atoms with E-state index in [1.807, 2.05) is 0 Å². The quantitative estimate of drug-likeness (QED) is 0.695. The van der Waals surface area contributed by atoms with Crippen LogP contribution in [0.25, 0.3) is 11.3 Å². The van der Waals surface area contributed by atoms with Gasteiger partial charge in [-0.15, -0.1) is 0 Å². The molecule has 9 nitrogen and oxygen atoms in total. The molecule has 0 saturated heterocycles. The van der Waals surface area contributed by atoms with Crippen molar-refractivity contribution in [2.45, 2.75) is 5.79 Å². The Morgan fingerprint density at radius 3 is 2.50 bits per heavy atom. The van der Waals surface area contributed by atoms with Gasteiger partial charge < -0.3 is 23.7 Å². The van der Waals surface area contributed by atoms with E-state index in [1.165, 1.54) is 32.7 Å². The molecule has 4 rings (SSSR count). The Bertz CT molecular complexity index is 966. The third-order valence-corrected chi connectivity index (χ3v) is 3.90. The molecule has 0 amide bonds. The molecule has 0 aromatic carbocycles. The lowest BCUT2D eigenvalue weighted by molar-refractivity contribution is -0.138. The van der Waals surface area contributed by atoms with Crippen molar-refractivity contribution in [3.63, 3.8) is 0 Å². The lowest BCUT2D eigenvalue weighted by Gasteiger charge is -2.20. The highest BCUT2D eigenvalue weighted by atomic mass is 16.7. The van der Waals surface area contributed by atoms with Gasteiger partial charge in [0.15, 0.2) is 0 Å². The minimum absolute atomic E-state index is 0.0355. The van der Waals surface area contributed by atoms with Crippen LogP contribution < -0.4 is 9.47 Å². The lowest BCUT2D eigenvalue weighted by Crippen LogP contribution is -2.31. The van der Waals surface area contributed by atoms with E-state index in [4.69, 9.17) is 18.6 Å². The summed E-state index contributed by atoms with van der Waals surface area (Å²) in [4.78, 5) is 24.8. The van der Waals surface area contributed by atoms with Gasteiger partial charge in [0, 0.05) is 11.8 Å². The van der Waals surface area contributed by atoms with E-state index in [-0.39, 0.29) is 28.8 Å². The molecule has 0 aliphatic carbocycles. The molecule has 3 aromatic heterocycles. The summed E-state index contributed by atoms with van der Waals surface area (Å²) in [6, 6.07) is 6.39. The maximum atomic E-state index is 12.5. The molecule has 0 bridgehead atoms. The molecule has 0 radical (unpaired) electrons. The number of aromatic nitrogens is 3. The first-order chi connectivity index (χ1) is 12.6. The minimum Gasteiger partial charge on any atom is -0.481 e. The van der Waals surface area contributed by atoms with E-state index in [9.17, 15) is 9.90 Å². The van der Waals surface area contributed by atoms with Gasteiger partial charge in [-0.05, 0) is 18.2 Å². The molecule has 3 aromatic rings. The molecule has 4 heterocycles. The number of carbonyl (C=O) groups excluding carboxylic acids is 1. The summed E-state index contributed by atoms with van der Waals surface area (Å²) < 4.78 is 20.7. The second-order valence-corrected chi connectivity index (χ2v) is 5.37. The Balaban J connectivity index is 1.92. The Kier molecular flexibility index (Phi) is 3.58. The summed E-state index contributed by atoms with van der Waals surface area (Å²) in [5, 5.41) is 11.1. The van der Waals surface area contributed by atoms with Crippen molar-refractivity contribution >= 4 is 5.97 Å². The van der Waals surface area contributed by atoms with Gasteiger partial charge in [-0.25, -0.2) is 4.79 Å². The van der Waals surface area contributed by atoms with Crippen LogP contribution in [0.1, 0.15) is 21.9 Å². The van der Waals surface area contributed by atoms with Crippen molar-refractivity contribution in [3.8, 4) is 23.1 Å². The highest BCUT2D eigenvalue weighted by molar-refractivity contribution is 6.00. The van der Waals surface area contributed by atoms with Crippen LogP contribution in [-0.2, 0) is 10.5 Å². The third-order valence-electron chi connectivity index (χ3n) is 3.90. The normalized spacial score (nSPS) is 18.3. The van der Waals surface area contributed by atoms with Crippen LogP contribution in [0, 0.1) is 0 Å². The first kappa shape index (κ1) is 16.0. The van der Waals surface area contributed by atoms with Gasteiger partial charge in [-0.2, -0.15) is 9.97 Å². The maximum Gasteiger partial charge on any atom is 0.344 e. The topological polar surface area (TPSA) is 117 Å². The smallest absolute Gasteiger partial charge is 0.344 e. The second-order valence-electron chi connectivity index (χ2n) is 5.37. The third kappa shape index (κ3) is 2.29. The summed E-state index contributed by atoms with van der Waals surface area (Å²) in [5.41, 5.74) is 0.484. The molecule has 1 aliphatic rings. The number of aliphatic hydroxyl groups is 1. The Hall–Kier alpha value is -3.46. The number of fused-ring (bicyclic) bond motifs is 1. The standard InChI is InChI=1S/C17H13N3O6/c1-23-11-8-12(24-2)20-16(19-11)17(22)14-13(15(21)26-17)9(5-6-18-14)10-4-3-7-25-10/h3-8,22H,1-2H3. The largest absolute Gasteiger partial charge is 0.481 e. The molecule has 1 N–H and O–H groups in total. The number of hydrogen-bond donors (Lipinski definition) is 1. The van der Waals surface area contributed by atoms with Crippen LogP contribution >= 0.6 is 0 Å². The van der Waals surface area contributed by atoms with E-state index >= 15 is 0 Å². The van der Waals surface area contributed by atoms with Crippen LogP contribution in [0.5, 0.6) is 11.8 Å². The molecule has 9 heteroatoms. The van der Waals surface area contributed by atoms with Crippen LogP contribution in [0.2, 0.25) is 0 Å². The van der Waals surface area contributed by atoms with Crippen molar-refractivity contribution < 1.29 is 28.5 Å². The van der Waals surface area contributed by atoms with Crippen LogP contribution in [0.15, 0.2) is 41.1 Å². The summed E-state index contributed by atoms with van der Waals surface area (Å²) in [7, 11) is 2.80. The molecule has 0 fully saturated rings. The molecule has 1 aliphatic heterocycles. The van der Waals surface area contributed by atoms with Gasteiger partial charge in [0.05, 0.1) is 32.1 Å². The zero-order valence-electron chi connectivity index (χ0n) is 13.8. The van der Waals surface area contributed by atoms with Crippen LogP contribution in [-0.4, -0.2) is 40.2 Å². The van der Waals surface area contributed by atoms with Crippen molar-refractivity contribution in [2.75, 3.05) is 14.2 Å². The number of carbonyl (C=O) groups is 1. The average Bonchev–Trinajstić information content (AvgIpc) is 3.29. The monoisotopic (exact) mass is 355 g/mol. The zero-order valence-corrected chi connectivity index (χ0v) is 13.8. The van der Waals surface area contributed by atoms with E-state index < -0.39 is 11.8 Å². The highest BCUT2D eigenvalue weighted by Gasteiger charge is 2.51. The molecule has 132 valence electrons. The van der Waals surface area contributed by atoms with Gasteiger partial charge >= 0.3 is 11.8 Å². The van der Waals surface area contributed by atoms with E-state index in [0.717, 1.165) is 0 Å². The number of ether oxygens (including phenoxy) is 3. The minimum atomic E-state index is -2.28.